The normalized spacial score (nSPS) is 11.1. The highest BCUT2D eigenvalue weighted by Gasteiger charge is 2.14. The Morgan fingerprint density at radius 3 is 2.50 bits per heavy atom. The third kappa shape index (κ3) is 4.40. The zero-order chi connectivity index (χ0) is 20.1. The fourth-order valence-electron chi connectivity index (χ4n) is 3.01. The van der Waals surface area contributed by atoms with Crippen molar-refractivity contribution in [1.82, 2.24) is 24.4 Å². The number of benzene rings is 1. The summed E-state index contributed by atoms with van der Waals surface area (Å²) in [6.45, 7) is 7.84. The van der Waals surface area contributed by atoms with Gasteiger partial charge in [0.2, 0.25) is 5.82 Å². The first-order chi connectivity index (χ1) is 13.5. The summed E-state index contributed by atoms with van der Waals surface area (Å²) in [5.41, 5.74) is 1.12. The number of nitrogens with zero attached hydrogens (tertiary/aromatic N) is 6. The number of halogens is 2. The van der Waals surface area contributed by atoms with E-state index in [1.165, 1.54) is 0 Å². The SMILES string of the molecule is CCN(CC)CCCn1cnc2c(Nc3cc(F)cc(F)c3)nc(C#N)nc21. The number of hydrogen-bond donors (Lipinski definition) is 1. The number of rotatable bonds is 8. The van der Waals surface area contributed by atoms with Crippen molar-refractivity contribution in [2.24, 2.45) is 0 Å². The van der Waals surface area contributed by atoms with E-state index < -0.39 is 11.6 Å². The molecule has 0 aliphatic carbocycles. The summed E-state index contributed by atoms with van der Waals surface area (Å²) in [5, 5.41) is 12.1. The summed E-state index contributed by atoms with van der Waals surface area (Å²) < 4.78 is 28.8. The van der Waals surface area contributed by atoms with Gasteiger partial charge in [0.15, 0.2) is 17.0 Å². The van der Waals surface area contributed by atoms with Crippen LogP contribution in [0.2, 0.25) is 0 Å². The second kappa shape index (κ2) is 8.71. The smallest absolute Gasteiger partial charge is 0.236 e. The first kappa shape index (κ1) is 19.6. The van der Waals surface area contributed by atoms with E-state index in [-0.39, 0.29) is 17.3 Å². The minimum atomic E-state index is -0.713. The molecule has 0 atom stereocenters. The lowest BCUT2D eigenvalue weighted by Gasteiger charge is -2.17. The fourth-order valence-corrected chi connectivity index (χ4v) is 3.01. The molecule has 7 nitrogen and oxygen atoms in total. The van der Waals surface area contributed by atoms with Crippen molar-refractivity contribution in [3.05, 3.63) is 42.0 Å². The summed E-state index contributed by atoms with van der Waals surface area (Å²) in [7, 11) is 0. The standard InChI is InChI=1S/C19H21F2N7/c1-3-27(4-2)6-5-7-28-12-23-17-18(25-16(11-22)26-19(17)28)24-15-9-13(20)8-14(21)10-15/h8-10,12H,3-7H2,1-2H3,(H,24,25,26). The number of hydrogen-bond acceptors (Lipinski definition) is 6. The Morgan fingerprint density at radius 2 is 1.86 bits per heavy atom. The highest BCUT2D eigenvalue weighted by molar-refractivity contribution is 5.85. The number of aromatic nitrogens is 4. The van der Waals surface area contributed by atoms with E-state index in [0.717, 1.165) is 44.3 Å². The van der Waals surface area contributed by atoms with Crippen LogP contribution in [-0.4, -0.2) is 44.1 Å². The van der Waals surface area contributed by atoms with Crippen LogP contribution in [0.3, 0.4) is 0 Å². The molecule has 1 aromatic carbocycles. The number of nitrogens with one attached hydrogen (secondary N) is 1. The van der Waals surface area contributed by atoms with Gasteiger partial charge in [0.25, 0.3) is 0 Å². The van der Waals surface area contributed by atoms with Gasteiger partial charge < -0.3 is 14.8 Å². The molecule has 3 rings (SSSR count). The monoisotopic (exact) mass is 385 g/mol. The van der Waals surface area contributed by atoms with Crippen LogP contribution in [0.25, 0.3) is 11.2 Å². The number of nitriles is 1. The van der Waals surface area contributed by atoms with Gasteiger partial charge in [-0.1, -0.05) is 13.8 Å². The lowest BCUT2D eigenvalue weighted by Crippen LogP contribution is -2.24. The zero-order valence-corrected chi connectivity index (χ0v) is 15.8. The summed E-state index contributed by atoms with van der Waals surface area (Å²) >= 11 is 0. The van der Waals surface area contributed by atoms with E-state index in [1.807, 2.05) is 10.6 Å². The maximum atomic E-state index is 13.5. The van der Waals surface area contributed by atoms with Gasteiger partial charge in [0.1, 0.15) is 17.7 Å². The van der Waals surface area contributed by atoms with Crippen molar-refractivity contribution in [2.75, 3.05) is 25.0 Å². The Morgan fingerprint density at radius 1 is 1.14 bits per heavy atom. The van der Waals surface area contributed by atoms with Gasteiger partial charge in [-0.05, 0) is 38.2 Å². The molecule has 2 heterocycles. The van der Waals surface area contributed by atoms with Crippen molar-refractivity contribution in [1.29, 1.82) is 5.26 Å². The van der Waals surface area contributed by atoms with E-state index in [4.69, 9.17) is 0 Å². The highest BCUT2D eigenvalue weighted by atomic mass is 19.1. The zero-order valence-electron chi connectivity index (χ0n) is 15.8. The number of aryl methyl sites for hydroxylation is 1. The molecule has 0 spiro atoms. The molecule has 0 unspecified atom stereocenters. The van der Waals surface area contributed by atoms with Gasteiger partial charge in [-0.3, -0.25) is 0 Å². The minimum absolute atomic E-state index is 0.0441. The van der Waals surface area contributed by atoms with Gasteiger partial charge in [-0.2, -0.15) is 15.2 Å². The van der Waals surface area contributed by atoms with Gasteiger partial charge in [-0.15, -0.1) is 0 Å². The highest BCUT2D eigenvalue weighted by Crippen LogP contribution is 2.24. The largest absolute Gasteiger partial charge is 0.338 e. The molecule has 9 heteroatoms. The van der Waals surface area contributed by atoms with Crippen molar-refractivity contribution in [3.63, 3.8) is 0 Å². The Hall–Kier alpha value is -3.12. The Labute approximate surface area is 161 Å². The Kier molecular flexibility index (Phi) is 6.11. The molecule has 0 bridgehead atoms. The molecule has 28 heavy (non-hydrogen) atoms. The van der Waals surface area contributed by atoms with Crippen molar-refractivity contribution >= 4 is 22.7 Å². The van der Waals surface area contributed by atoms with Crippen LogP contribution in [0, 0.1) is 23.0 Å². The van der Waals surface area contributed by atoms with Gasteiger partial charge in [-0.25, -0.2) is 13.8 Å². The maximum absolute atomic E-state index is 13.5. The van der Waals surface area contributed by atoms with Gasteiger partial charge in [0.05, 0.1) is 6.33 Å². The van der Waals surface area contributed by atoms with Crippen molar-refractivity contribution < 1.29 is 8.78 Å². The van der Waals surface area contributed by atoms with Crippen LogP contribution in [-0.2, 0) is 6.54 Å². The summed E-state index contributed by atoms with van der Waals surface area (Å²) in [5.74, 6) is -1.24. The molecule has 0 aliphatic rings. The van der Waals surface area contributed by atoms with E-state index >= 15 is 0 Å². The summed E-state index contributed by atoms with van der Waals surface area (Å²) in [6.07, 6.45) is 2.54. The second-order valence-electron chi connectivity index (χ2n) is 6.28. The number of anilines is 2. The fraction of sp³-hybridized carbons (Fsp3) is 0.368. The molecule has 0 fully saturated rings. The van der Waals surface area contributed by atoms with Crippen LogP contribution >= 0.6 is 0 Å². The van der Waals surface area contributed by atoms with Crippen LogP contribution in [0.5, 0.6) is 0 Å². The summed E-state index contributed by atoms with van der Waals surface area (Å²) in [4.78, 5) is 15.0. The lowest BCUT2D eigenvalue weighted by atomic mass is 10.3. The maximum Gasteiger partial charge on any atom is 0.236 e. The van der Waals surface area contributed by atoms with E-state index in [0.29, 0.717) is 17.7 Å². The average Bonchev–Trinajstić information content (AvgIpc) is 3.07. The van der Waals surface area contributed by atoms with Crippen LogP contribution in [0.15, 0.2) is 24.5 Å². The van der Waals surface area contributed by atoms with E-state index in [9.17, 15) is 14.0 Å². The molecule has 2 aromatic heterocycles. The predicted octanol–water partition coefficient (Wildman–Crippen LogP) is 3.45. The van der Waals surface area contributed by atoms with E-state index in [2.05, 4.69) is 39.0 Å². The quantitative estimate of drug-likeness (QED) is 0.639. The topological polar surface area (TPSA) is 82.7 Å². The third-order valence-corrected chi connectivity index (χ3v) is 4.46. The van der Waals surface area contributed by atoms with E-state index in [1.54, 1.807) is 6.33 Å². The number of fused-ring (bicyclic) bond motifs is 1. The lowest BCUT2D eigenvalue weighted by molar-refractivity contribution is 0.293. The molecule has 0 radical (unpaired) electrons. The second-order valence-corrected chi connectivity index (χ2v) is 6.28. The average molecular weight is 385 g/mol. The van der Waals surface area contributed by atoms with Gasteiger partial charge >= 0.3 is 0 Å². The molecular formula is C19H21F2N7. The third-order valence-electron chi connectivity index (χ3n) is 4.46. The molecule has 0 saturated heterocycles. The molecule has 146 valence electrons. The van der Waals surface area contributed by atoms with Crippen LogP contribution in [0.4, 0.5) is 20.3 Å². The first-order valence-corrected chi connectivity index (χ1v) is 9.12. The van der Waals surface area contributed by atoms with Crippen LogP contribution in [0.1, 0.15) is 26.1 Å². The molecule has 3 aromatic rings. The summed E-state index contributed by atoms with van der Waals surface area (Å²) in [6, 6.07) is 4.99. The molecular weight excluding hydrogens is 364 g/mol. The first-order valence-electron chi connectivity index (χ1n) is 9.12. The predicted molar refractivity (Wildman–Crippen MR) is 102 cm³/mol. The Bertz CT molecular complexity index is 985. The number of imidazole rings is 1. The minimum Gasteiger partial charge on any atom is -0.338 e. The van der Waals surface area contributed by atoms with Gasteiger partial charge in [0, 0.05) is 18.3 Å². The van der Waals surface area contributed by atoms with Crippen molar-refractivity contribution in [2.45, 2.75) is 26.8 Å². The molecule has 0 amide bonds. The Balaban J connectivity index is 1.89. The van der Waals surface area contributed by atoms with Crippen molar-refractivity contribution in [3.8, 4) is 6.07 Å². The van der Waals surface area contributed by atoms with Crippen LogP contribution < -0.4 is 5.32 Å². The molecule has 0 saturated carbocycles. The molecule has 1 N–H and O–H groups in total. The molecule has 0 aliphatic heterocycles.